The smallest absolute Gasteiger partial charge is 0.0584 e. The van der Waals surface area contributed by atoms with Gasteiger partial charge in [-0.05, 0) is 44.6 Å². The molecule has 0 spiro atoms. The average molecular weight is 281 g/mol. The Morgan fingerprint density at radius 2 is 1.89 bits per heavy atom. The fourth-order valence-corrected chi connectivity index (χ4v) is 3.17. The number of thioether (sulfide) groups is 1. The molecule has 0 aliphatic heterocycles. The molecule has 0 aliphatic carbocycles. The van der Waals surface area contributed by atoms with Crippen molar-refractivity contribution in [1.29, 1.82) is 0 Å². The van der Waals surface area contributed by atoms with Crippen LogP contribution in [0.4, 0.5) is 0 Å². The first kappa shape index (κ1) is 16.5. The van der Waals surface area contributed by atoms with E-state index < -0.39 is 0 Å². The summed E-state index contributed by atoms with van der Waals surface area (Å²) in [7, 11) is 0. The minimum absolute atomic E-state index is 0.240. The fourth-order valence-electron chi connectivity index (χ4n) is 2.17. The highest BCUT2D eigenvalue weighted by Crippen LogP contribution is 2.17. The third kappa shape index (κ3) is 7.00. The molecule has 1 atom stereocenters. The van der Waals surface area contributed by atoms with Gasteiger partial charge in [-0.2, -0.15) is 11.8 Å². The Morgan fingerprint density at radius 1 is 1.21 bits per heavy atom. The van der Waals surface area contributed by atoms with Crippen LogP contribution in [0.25, 0.3) is 0 Å². The lowest BCUT2D eigenvalue weighted by atomic mass is 10.1. The van der Waals surface area contributed by atoms with E-state index in [1.165, 1.54) is 16.7 Å². The SMILES string of the molecule is CCCNC(CO)CCSCc1cc(C)cc(C)c1. The van der Waals surface area contributed by atoms with Crippen LogP contribution in [0.1, 0.15) is 36.5 Å². The van der Waals surface area contributed by atoms with E-state index in [2.05, 4.69) is 44.3 Å². The van der Waals surface area contributed by atoms with Crippen molar-refractivity contribution in [2.24, 2.45) is 0 Å². The van der Waals surface area contributed by atoms with Crippen LogP contribution < -0.4 is 5.32 Å². The van der Waals surface area contributed by atoms with Crippen molar-refractivity contribution < 1.29 is 5.11 Å². The molecule has 2 N–H and O–H groups in total. The maximum absolute atomic E-state index is 9.27. The number of hydrogen-bond donors (Lipinski definition) is 2. The van der Waals surface area contributed by atoms with Gasteiger partial charge in [-0.3, -0.25) is 0 Å². The van der Waals surface area contributed by atoms with Gasteiger partial charge in [0.25, 0.3) is 0 Å². The number of aliphatic hydroxyl groups is 1. The van der Waals surface area contributed by atoms with Crippen LogP contribution in [0.3, 0.4) is 0 Å². The van der Waals surface area contributed by atoms with Crippen LogP contribution in [-0.2, 0) is 5.75 Å². The van der Waals surface area contributed by atoms with Gasteiger partial charge in [-0.25, -0.2) is 0 Å². The Hall–Kier alpha value is -0.510. The first-order chi connectivity index (χ1) is 9.15. The maximum Gasteiger partial charge on any atom is 0.0584 e. The molecule has 1 unspecified atom stereocenters. The van der Waals surface area contributed by atoms with Gasteiger partial charge in [0.15, 0.2) is 0 Å². The van der Waals surface area contributed by atoms with E-state index >= 15 is 0 Å². The van der Waals surface area contributed by atoms with Gasteiger partial charge in [-0.1, -0.05) is 36.2 Å². The van der Waals surface area contributed by atoms with Crippen molar-refractivity contribution in [2.75, 3.05) is 18.9 Å². The zero-order valence-corrected chi connectivity index (χ0v) is 13.2. The van der Waals surface area contributed by atoms with Crippen LogP contribution in [-0.4, -0.2) is 30.1 Å². The predicted octanol–water partition coefficient (Wildman–Crippen LogP) is 3.29. The lowest BCUT2D eigenvalue weighted by Gasteiger charge is -2.15. The molecule has 0 bridgehead atoms. The number of aryl methyl sites for hydroxylation is 2. The Bertz CT molecular complexity index is 348. The lowest BCUT2D eigenvalue weighted by Crippen LogP contribution is -2.33. The number of nitrogens with one attached hydrogen (secondary N) is 1. The first-order valence-electron chi connectivity index (χ1n) is 7.15. The highest BCUT2D eigenvalue weighted by molar-refractivity contribution is 7.98. The van der Waals surface area contributed by atoms with Gasteiger partial charge < -0.3 is 10.4 Å². The van der Waals surface area contributed by atoms with Crippen molar-refractivity contribution in [3.05, 3.63) is 34.9 Å². The summed E-state index contributed by atoms with van der Waals surface area (Å²) < 4.78 is 0. The van der Waals surface area contributed by atoms with E-state index in [4.69, 9.17) is 0 Å². The highest BCUT2D eigenvalue weighted by atomic mass is 32.2. The topological polar surface area (TPSA) is 32.3 Å². The molecule has 0 aliphatic rings. The van der Waals surface area contributed by atoms with E-state index in [9.17, 15) is 5.11 Å². The summed E-state index contributed by atoms with van der Waals surface area (Å²) >= 11 is 1.95. The normalized spacial score (nSPS) is 12.6. The monoisotopic (exact) mass is 281 g/mol. The Morgan fingerprint density at radius 3 is 2.47 bits per heavy atom. The van der Waals surface area contributed by atoms with Crippen molar-refractivity contribution in [3.8, 4) is 0 Å². The number of benzene rings is 1. The fraction of sp³-hybridized carbons (Fsp3) is 0.625. The van der Waals surface area contributed by atoms with Gasteiger partial charge in [0.1, 0.15) is 0 Å². The Balaban J connectivity index is 2.25. The summed E-state index contributed by atoms with van der Waals surface area (Å²) in [6, 6.07) is 6.99. The van der Waals surface area contributed by atoms with Crippen LogP contribution in [0.2, 0.25) is 0 Å². The summed E-state index contributed by atoms with van der Waals surface area (Å²) in [5.74, 6) is 2.16. The molecule has 0 radical (unpaired) electrons. The summed E-state index contributed by atoms with van der Waals surface area (Å²) in [6.07, 6.45) is 2.15. The molecule has 0 heterocycles. The van der Waals surface area contributed by atoms with Gasteiger partial charge in [0.05, 0.1) is 6.61 Å². The van der Waals surface area contributed by atoms with E-state index in [-0.39, 0.29) is 12.6 Å². The Labute approximate surface area is 122 Å². The Kier molecular flexibility index (Phi) is 8.19. The maximum atomic E-state index is 9.27. The molecule has 0 saturated heterocycles. The molecular weight excluding hydrogens is 254 g/mol. The second kappa shape index (κ2) is 9.40. The predicted molar refractivity (Wildman–Crippen MR) is 85.9 cm³/mol. The quantitative estimate of drug-likeness (QED) is 0.681. The van der Waals surface area contributed by atoms with Crippen molar-refractivity contribution in [2.45, 2.75) is 45.4 Å². The van der Waals surface area contributed by atoms with Gasteiger partial charge in [0.2, 0.25) is 0 Å². The highest BCUT2D eigenvalue weighted by Gasteiger charge is 2.05. The third-order valence-electron chi connectivity index (χ3n) is 3.06. The molecule has 108 valence electrons. The molecule has 19 heavy (non-hydrogen) atoms. The number of aliphatic hydroxyl groups excluding tert-OH is 1. The number of hydrogen-bond acceptors (Lipinski definition) is 3. The van der Waals surface area contributed by atoms with Crippen LogP contribution in [0.15, 0.2) is 18.2 Å². The van der Waals surface area contributed by atoms with Gasteiger partial charge >= 0.3 is 0 Å². The van der Waals surface area contributed by atoms with Crippen molar-refractivity contribution in [1.82, 2.24) is 5.32 Å². The molecule has 0 amide bonds. The molecular formula is C16H27NOS. The second-order valence-corrected chi connectivity index (χ2v) is 6.28. The van der Waals surface area contributed by atoms with Crippen molar-refractivity contribution >= 4 is 11.8 Å². The standard InChI is InChI=1S/C16H27NOS/c1-4-6-17-16(11-18)5-7-19-12-15-9-13(2)8-14(3)10-15/h8-10,16-18H,4-7,11-12H2,1-3H3. The minimum Gasteiger partial charge on any atom is -0.395 e. The molecule has 0 saturated carbocycles. The zero-order valence-electron chi connectivity index (χ0n) is 12.4. The van der Waals surface area contributed by atoms with Crippen LogP contribution >= 0.6 is 11.8 Å². The molecule has 0 fully saturated rings. The zero-order chi connectivity index (χ0) is 14.1. The average Bonchev–Trinajstić information content (AvgIpc) is 2.37. The second-order valence-electron chi connectivity index (χ2n) is 5.17. The molecule has 2 nitrogen and oxygen atoms in total. The summed E-state index contributed by atoms with van der Waals surface area (Å²) in [6.45, 7) is 7.68. The minimum atomic E-state index is 0.240. The molecule has 3 heteroatoms. The summed E-state index contributed by atoms with van der Waals surface area (Å²) in [4.78, 5) is 0. The first-order valence-corrected chi connectivity index (χ1v) is 8.30. The van der Waals surface area contributed by atoms with E-state index in [1.807, 2.05) is 11.8 Å². The van der Waals surface area contributed by atoms with Crippen LogP contribution in [0.5, 0.6) is 0 Å². The van der Waals surface area contributed by atoms with Crippen molar-refractivity contribution in [3.63, 3.8) is 0 Å². The van der Waals surface area contributed by atoms with E-state index in [0.717, 1.165) is 30.9 Å². The lowest BCUT2D eigenvalue weighted by molar-refractivity contribution is 0.240. The molecule has 1 aromatic rings. The summed E-state index contributed by atoms with van der Waals surface area (Å²) in [5, 5.41) is 12.6. The number of rotatable bonds is 9. The third-order valence-corrected chi connectivity index (χ3v) is 4.13. The summed E-state index contributed by atoms with van der Waals surface area (Å²) in [5.41, 5.74) is 4.09. The van der Waals surface area contributed by atoms with E-state index in [1.54, 1.807) is 0 Å². The van der Waals surface area contributed by atoms with Crippen LogP contribution in [0, 0.1) is 13.8 Å². The van der Waals surface area contributed by atoms with E-state index in [0.29, 0.717) is 0 Å². The molecule has 1 aromatic carbocycles. The van der Waals surface area contributed by atoms with Gasteiger partial charge in [0, 0.05) is 11.8 Å². The largest absolute Gasteiger partial charge is 0.395 e. The molecule has 0 aromatic heterocycles. The molecule has 1 rings (SSSR count). The van der Waals surface area contributed by atoms with Gasteiger partial charge in [-0.15, -0.1) is 0 Å².